The first-order chi connectivity index (χ1) is 8.67. The van der Waals surface area contributed by atoms with Gasteiger partial charge >= 0.3 is 0 Å². The highest BCUT2D eigenvalue weighted by Crippen LogP contribution is 2.25. The van der Waals surface area contributed by atoms with Crippen molar-refractivity contribution in [2.45, 2.75) is 38.8 Å². The standard InChI is InChI=1S/C14H21NO3/c1-10-7-12-13(5-4-6-14(12)16)15(10)8-11(18-3)9-17-2/h7,11H,4-6,8-9H2,1-3H3. The van der Waals surface area contributed by atoms with Crippen molar-refractivity contribution in [3.63, 3.8) is 0 Å². The molecular weight excluding hydrogens is 230 g/mol. The minimum atomic E-state index is 0.0298. The molecule has 2 rings (SSSR count). The summed E-state index contributed by atoms with van der Waals surface area (Å²) in [7, 11) is 3.37. The second-order valence-corrected chi connectivity index (χ2v) is 4.85. The lowest BCUT2D eigenvalue weighted by Crippen LogP contribution is -2.26. The summed E-state index contributed by atoms with van der Waals surface area (Å²) in [5.41, 5.74) is 3.21. The summed E-state index contributed by atoms with van der Waals surface area (Å²) in [5.74, 6) is 0.277. The SMILES string of the molecule is COCC(Cn1c(C)cc2c1CCCC2=O)OC. The first-order valence-electron chi connectivity index (χ1n) is 6.41. The molecule has 100 valence electrons. The van der Waals surface area contributed by atoms with Crippen molar-refractivity contribution < 1.29 is 14.3 Å². The summed E-state index contributed by atoms with van der Waals surface area (Å²) in [6, 6.07) is 2.01. The van der Waals surface area contributed by atoms with Gasteiger partial charge < -0.3 is 14.0 Å². The molecule has 0 N–H and O–H groups in total. The molecule has 0 aromatic carbocycles. The molecule has 0 saturated carbocycles. The maximum Gasteiger partial charge on any atom is 0.164 e. The Morgan fingerprint density at radius 2 is 2.17 bits per heavy atom. The van der Waals surface area contributed by atoms with Crippen LogP contribution in [0.2, 0.25) is 0 Å². The van der Waals surface area contributed by atoms with E-state index >= 15 is 0 Å². The number of aromatic nitrogens is 1. The van der Waals surface area contributed by atoms with Gasteiger partial charge in [0.2, 0.25) is 0 Å². The number of carbonyl (C=O) groups excluding carboxylic acids is 1. The average Bonchev–Trinajstić information content (AvgIpc) is 2.67. The highest BCUT2D eigenvalue weighted by atomic mass is 16.5. The molecule has 1 aliphatic carbocycles. The average molecular weight is 251 g/mol. The van der Waals surface area contributed by atoms with E-state index in [9.17, 15) is 4.79 Å². The van der Waals surface area contributed by atoms with Crippen LogP contribution >= 0.6 is 0 Å². The Morgan fingerprint density at radius 3 is 2.83 bits per heavy atom. The Balaban J connectivity index is 2.25. The Labute approximate surface area is 108 Å². The van der Waals surface area contributed by atoms with Gasteiger partial charge in [0.05, 0.1) is 19.3 Å². The van der Waals surface area contributed by atoms with Crippen LogP contribution in [0.25, 0.3) is 0 Å². The third-order valence-electron chi connectivity index (χ3n) is 3.61. The molecule has 0 radical (unpaired) electrons. The maximum atomic E-state index is 11.9. The molecule has 1 aliphatic rings. The first kappa shape index (κ1) is 13.3. The summed E-state index contributed by atoms with van der Waals surface area (Å²) >= 11 is 0. The molecule has 0 spiro atoms. The molecular formula is C14H21NO3. The molecule has 18 heavy (non-hydrogen) atoms. The van der Waals surface area contributed by atoms with Crippen LogP contribution in [-0.2, 0) is 22.4 Å². The normalized spacial score (nSPS) is 16.7. The van der Waals surface area contributed by atoms with Gasteiger partial charge in [-0.2, -0.15) is 0 Å². The van der Waals surface area contributed by atoms with Crippen LogP contribution in [0.4, 0.5) is 0 Å². The van der Waals surface area contributed by atoms with E-state index in [1.807, 2.05) is 13.0 Å². The van der Waals surface area contributed by atoms with Gasteiger partial charge in [0.15, 0.2) is 5.78 Å². The predicted octanol–water partition coefficient (Wildman–Crippen LogP) is 1.98. The Hall–Kier alpha value is -1.13. The van der Waals surface area contributed by atoms with Crippen molar-refractivity contribution in [2.24, 2.45) is 0 Å². The second-order valence-electron chi connectivity index (χ2n) is 4.85. The van der Waals surface area contributed by atoms with Gasteiger partial charge in [0.25, 0.3) is 0 Å². The van der Waals surface area contributed by atoms with Crippen molar-refractivity contribution in [2.75, 3.05) is 20.8 Å². The fraction of sp³-hybridized carbons (Fsp3) is 0.643. The lowest BCUT2D eigenvalue weighted by atomic mass is 9.96. The minimum absolute atomic E-state index is 0.0298. The van der Waals surface area contributed by atoms with E-state index < -0.39 is 0 Å². The number of nitrogens with zero attached hydrogens (tertiary/aromatic N) is 1. The second kappa shape index (κ2) is 5.67. The van der Waals surface area contributed by atoms with Gasteiger partial charge in [-0.25, -0.2) is 0 Å². The zero-order valence-electron chi connectivity index (χ0n) is 11.4. The molecule has 0 bridgehead atoms. The van der Waals surface area contributed by atoms with Crippen molar-refractivity contribution >= 4 is 5.78 Å². The number of ketones is 1. The first-order valence-corrected chi connectivity index (χ1v) is 6.41. The van der Waals surface area contributed by atoms with E-state index in [0.717, 1.165) is 30.6 Å². The topological polar surface area (TPSA) is 40.5 Å². The van der Waals surface area contributed by atoms with E-state index in [-0.39, 0.29) is 11.9 Å². The molecule has 0 aliphatic heterocycles. The monoisotopic (exact) mass is 251 g/mol. The summed E-state index contributed by atoms with van der Waals surface area (Å²) in [4.78, 5) is 11.9. The van der Waals surface area contributed by atoms with Crippen LogP contribution in [0.1, 0.15) is 34.6 Å². The summed E-state index contributed by atoms with van der Waals surface area (Å²) in [5, 5.41) is 0. The van der Waals surface area contributed by atoms with E-state index in [0.29, 0.717) is 13.0 Å². The van der Waals surface area contributed by atoms with Gasteiger partial charge in [0.1, 0.15) is 0 Å². The van der Waals surface area contributed by atoms with E-state index in [1.165, 1.54) is 5.69 Å². The highest BCUT2D eigenvalue weighted by Gasteiger charge is 2.23. The number of rotatable bonds is 5. The Kier molecular flexibility index (Phi) is 4.19. The van der Waals surface area contributed by atoms with Crippen LogP contribution in [0.15, 0.2) is 6.07 Å². The molecule has 4 heteroatoms. The number of carbonyl (C=O) groups is 1. The number of ether oxygens (including phenoxy) is 2. The molecule has 0 amide bonds. The number of methoxy groups -OCH3 is 2. The fourth-order valence-electron chi connectivity index (χ4n) is 2.63. The van der Waals surface area contributed by atoms with Gasteiger partial charge in [-0.3, -0.25) is 4.79 Å². The van der Waals surface area contributed by atoms with Crippen LogP contribution in [0, 0.1) is 6.92 Å². The molecule has 4 nitrogen and oxygen atoms in total. The van der Waals surface area contributed by atoms with Crippen molar-refractivity contribution in [1.29, 1.82) is 0 Å². The Morgan fingerprint density at radius 1 is 1.39 bits per heavy atom. The molecule has 1 aromatic heterocycles. The largest absolute Gasteiger partial charge is 0.382 e. The fourth-order valence-corrected chi connectivity index (χ4v) is 2.63. The molecule has 0 fully saturated rings. The summed E-state index contributed by atoms with van der Waals surface area (Å²) < 4.78 is 12.8. The Bertz CT molecular complexity index is 436. The van der Waals surface area contributed by atoms with E-state index in [2.05, 4.69) is 4.57 Å². The lowest BCUT2D eigenvalue weighted by Gasteiger charge is -2.20. The van der Waals surface area contributed by atoms with Gasteiger partial charge in [-0.05, 0) is 25.8 Å². The van der Waals surface area contributed by atoms with Gasteiger partial charge in [-0.15, -0.1) is 0 Å². The lowest BCUT2D eigenvalue weighted by molar-refractivity contribution is 0.0176. The number of Topliss-reactive ketones (excluding diaryl/α,β-unsaturated/α-hetero) is 1. The number of aryl methyl sites for hydroxylation is 1. The number of hydrogen-bond acceptors (Lipinski definition) is 3. The summed E-state index contributed by atoms with van der Waals surface area (Å²) in [6.45, 7) is 3.36. The maximum absolute atomic E-state index is 11.9. The predicted molar refractivity (Wildman–Crippen MR) is 69.1 cm³/mol. The molecule has 1 unspecified atom stereocenters. The van der Waals surface area contributed by atoms with Gasteiger partial charge in [-0.1, -0.05) is 0 Å². The van der Waals surface area contributed by atoms with Crippen molar-refractivity contribution in [3.05, 3.63) is 23.0 Å². The molecule has 1 aromatic rings. The van der Waals surface area contributed by atoms with Crippen LogP contribution in [0.5, 0.6) is 0 Å². The van der Waals surface area contributed by atoms with Crippen molar-refractivity contribution in [3.8, 4) is 0 Å². The third kappa shape index (κ3) is 2.49. The van der Waals surface area contributed by atoms with Gasteiger partial charge in [0, 0.05) is 37.6 Å². The zero-order chi connectivity index (χ0) is 13.1. The van der Waals surface area contributed by atoms with E-state index in [4.69, 9.17) is 9.47 Å². The number of fused-ring (bicyclic) bond motifs is 1. The minimum Gasteiger partial charge on any atom is -0.382 e. The van der Waals surface area contributed by atoms with Crippen LogP contribution in [0.3, 0.4) is 0 Å². The van der Waals surface area contributed by atoms with E-state index in [1.54, 1.807) is 14.2 Å². The van der Waals surface area contributed by atoms with Crippen molar-refractivity contribution in [1.82, 2.24) is 4.57 Å². The molecule has 1 heterocycles. The number of hydrogen-bond donors (Lipinski definition) is 0. The van der Waals surface area contributed by atoms with Crippen LogP contribution in [-0.4, -0.2) is 37.3 Å². The summed E-state index contributed by atoms with van der Waals surface area (Å²) in [6.07, 6.45) is 2.65. The van der Waals surface area contributed by atoms with Crippen LogP contribution < -0.4 is 0 Å². The molecule has 1 atom stereocenters. The zero-order valence-corrected chi connectivity index (χ0v) is 11.4. The quantitative estimate of drug-likeness (QED) is 0.803. The third-order valence-corrected chi connectivity index (χ3v) is 3.61. The molecule has 0 saturated heterocycles. The smallest absolute Gasteiger partial charge is 0.164 e. The highest BCUT2D eigenvalue weighted by molar-refractivity contribution is 5.98.